The largest absolute Gasteiger partial charge is 0.375 e. The van der Waals surface area contributed by atoms with E-state index in [0.29, 0.717) is 6.10 Å². The van der Waals surface area contributed by atoms with Gasteiger partial charge in [-0.15, -0.1) is 0 Å². The van der Waals surface area contributed by atoms with E-state index in [4.69, 9.17) is 9.47 Å². The fraction of sp³-hybridized carbons (Fsp3) is 0.824. The van der Waals surface area contributed by atoms with E-state index >= 15 is 0 Å². The fourth-order valence-corrected chi connectivity index (χ4v) is 3.89. The number of aryl methyl sites for hydroxylation is 1. The molecule has 3 fully saturated rings. The Hall–Kier alpha value is -0.910. The molecule has 1 spiro atoms. The Kier molecular flexibility index (Phi) is 3.96. The van der Waals surface area contributed by atoms with Gasteiger partial charge in [-0.2, -0.15) is 5.10 Å². The molecule has 122 valence electrons. The minimum atomic E-state index is 0.0364. The van der Waals surface area contributed by atoms with Crippen LogP contribution in [-0.4, -0.2) is 52.7 Å². The molecular formula is C17H27N3O2. The fourth-order valence-electron chi connectivity index (χ4n) is 3.89. The van der Waals surface area contributed by atoms with Crippen molar-refractivity contribution in [1.82, 2.24) is 14.7 Å². The first kappa shape index (κ1) is 14.7. The van der Waals surface area contributed by atoms with Gasteiger partial charge >= 0.3 is 0 Å². The second-order valence-electron chi connectivity index (χ2n) is 7.43. The summed E-state index contributed by atoms with van der Waals surface area (Å²) >= 11 is 0. The van der Waals surface area contributed by atoms with Crippen molar-refractivity contribution in [3.05, 3.63) is 18.0 Å². The summed E-state index contributed by atoms with van der Waals surface area (Å²) in [5, 5.41) is 4.27. The Balaban J connectivity index is 1.32. The lowest BCUT2D eigenvalue weighted by atomic mass is 9.89. The Labute approximate surface area is 132 Å². The van der Waals surface area contributed by atoms with Crippen LogP contribution < -0.4 is 0 Å². The molecule has 1 aliphatic carbocycles. The zero-order chi connectivity index (χ0) is 15.0. The van der Waals surface area contributed by atoms with Gasteiger partial charge in [0.25, 0.3) is 0 Å². The SMILES string of the molecule is Cn1cc(CN2CCC[C@@]3(C[C@@H](OCC4CC4)CO3)C2)cn1. The highest BCUT2D eigenvalue weighted by Crippen LogP contribution is 2.37. The highest BCUT2D eigenvalue weighted by atomic mass is 16.6. The molecule has 4 rings (SSSR count). The number of ether oxygens (including phenoxy) is 2. The van der Waals surface area contributed by atoms with E-state index in [0.717, 1.165) is 45.2 Å². The molecule has 0 bridgehead atoms. The minimum absolute atomic E-state index is 0.0364. The summed E-state index contributed by atoms with van der Waals surface area (Å²) in [5.74, 6) is 0.838. The maximum absolute atomic E-state index is 6.23. The standard InChI is InChI=1S/C17H27N3O2/c1-19-9-15(8-18-19)10-20-6-2-5-17(13-20)7-16(12-22-17)21-11-14-3-4-14/h8-9,14,16H,2-7,10-13H2,1H3/t16-,17-/m1/s1. The molecule has 0 aromatic carbocycles. The van der Waals surface area contributed by atoms with Crippen molar-refractivity contribution in [3.63, 3.8) is 0 Å². The van der Waals surface area contributed by atoms with Gasteiger partial charge in [0.05, 0.1) is 24.5 Å². The van der Waals surface area contributed by atoms with E-state index < -0.39 is 0 Å². The zero-order valence-electron chi connectivity index (χ0n) is 13.5. The molecule has 1 aromatic heterocycles. The van der Waals surface area contributed by atoms with E-state index in [1.807, 2.05) is 17.9 Å². The van der Waals surface area contributed by atoms with Crippen LogP contribution in [0, 0.1) is 5.92 Å². The molecule has 5 heteroatoms. The molecule has 2 atom stereocenters. The van der Waals surface area contributed by atoms with Gasteiger partial charge in [0.2, 0.25) is 0 Å². The Bertz CT molecular complexity index is 514. The maximum atomic E-state index is 6.23. The minimum Gasteiger partial charge on any atom is -0.375 e. The summed E-state index contributed by atoms with van der Waals surface area (Å²) in [5.41, 5.74) is 1.33. The second-order valence-corrected chi connectivity index (χ2v) is 7.43. The number of hydrogen-bond donors (Lipinski definition) is 0. The van der Waals surface area contributed by atoms with Gasteiger partial charge in [-0.25, -0.2) is 0 Å². The summed E-state index contributed by atoms with van der Waals surface area (Å²) in [6, 6.07) is 0. The molecule has 2 aliphatic heterocycles. The molecule has 1 saturated carbocycles. The van der Waals surface area contributed by atoms with Crippen LogP contribution in [0.4, 0.5) is 0 Å². The van der Waals surface area contributed by atoms with Crippen LogP contribution in [0.25, 0.3) is 0 Å². The molecule has 2 saturated heterocycles. The van der Waals surface area contributed by atoms with Crippen molar-refractivity contribution in [1.29, 1.82) is 0 Å². The Morgan fingerprint density at radius 2 is 2.36 bits per heavy atom. The molecule has 0 unspecified atom stereocenters. The predicted molar refractivity (Wildman–Crippen MR) is 83.5 cm³/mol. The molecule has 0 radical (unpaired) electrons. The van der Waals surface area contributed by atoms with Crippen molar-refractivity contribution in [2.45, 2.75) is 50.4 Å². The molecule has 22 heavy (non-hydrogen) atoms. The van der Waals surface area contributed by atoms with Crippen molar-refractivity contribution < 1.29 is 9.47 Å². The predicted octanol–water partition coefficient (Wildman–Crippen LogP) is 1.97. The quantitative estimate of drug-likeness (QED) is 0.834. The number of piperidine rings is 1. The number of nitrogens with zero attached hydrogens (tertiary/aromatic N) is 3. The maximum Gasteiger partial charge on any atom is 0.0836 e. The van der Waals surface area contributed by atoms with Crippen LogP contribution in [0.15, 0.2) is 12.4 Å². The first-order valence-corrected chi connectivity index (χ1v) is 8.66. The normalized spacial score (nSPS) is 32.9. The smallest absolute Gasteiger partial charge is 0.0836 e. The van der Waals surface area contributed by atoms with Crippen molar-refractivity contribution in [2.75, 3.05) is 26.3 Å². The van der Waals surface area contributed by atoms with Crippen molar-refractivity contribution >= 4 is 0 Å². The summed E-state index contributed by atoms with van der Waals surface area (Å²) in [4.78, 5) is 2.52. The monoisotopic (exact) mass is 305 g/mol. The van der Waals surface area contributed by atoms with Gasteiger partial charge in [-0.05, 0) is 38.1 Å². The van der Waals surface area contributed by atoms with E-state index in [9.17, 15) is 0 Å². The van der Waals surface area contributed by atoms with Gasteiger partial charge < -0.3 is 9.47 Å². The van der Waals surface area contributed by atoms with Gasteiger partial charge in [0.15, 0.2) is 0 Å². The highest BCUT2D eigenvalue weighted by molar-refractivity contribution is 5.05. The summed E-state index contributed by atoms with van der Waals surface area (Å²) < 4.78 is 14.2. The summed E-state index contributed by atoms with van der Waals surface area (Å²) in [7, 11) is 1.98. The average Bonchev–Trinajstić information content (AvgIpc) is 3.14. The van der Waals surface area contributed by atoms with E-state index in [2.05, 4.69) is 16.2 Å². The van der Waals surface area contributed by atoms with E-state index in [1.54, 1.807) is 0 Å². The number of aromatic nitrogens is 2. The third-order valence-electron chi connectivity index (χ3n) is 5.22. The highest BCUT2D eigenvalue weighted by Gasteiger charge is 2.44. The topological polar surface area (TPSA) is 39.5 Å². The van der Waals surface area contributed by atoms with E-state index in [-0.39, 0.29) is 5.60 Å². The lowest BCUT2D eigenvalue weighted by Gasteiger charge is -2.39. The second kappa shape index (κ2) is 5.95. The third kappa shape index (κ3) is 3.36. The summed E-state index contributed by atoms with van der Waals surface area (Å²) in [6.07, 6.45) is 10.6. The molecule has 0 amide bonds. The number of rotatable bonds is 5. The van der Waals surface area contributed by atoms with Crippen molar-refractivity contribution in [2.24, 2.45) is 13.0 Å². The van der Waals surface area contributed by atoms with Crippen LogP contribution in [0.1, 0.15) is 37.7 Å². The van der Waals surface area contributed by atoms with Crippen LogP contribution in [0.2, 0.25) is 0 Å². The third-order valence-corrected chi connectivity index (χ3v) is 5.22. The van der Waals surface area contributed by atoms with Gasteiger partial charge in [0, 0.05) is 44.9 Å². The van der Waals surface area contributed by atoms with Crippen LogP contribution in [0.3, 0.4) is 0 Å². The van der Waals surface area contributed by atoms with E-state index in [1.165, 1.54) is 31.2 Å². The van der Waals surface area contributed by atoms with Crippen LogP contribution in [0.5, 0.6) is 0 Å². The van der Waals surface area contributed by atoms with Crippen LogP contribution in [-0.2, 0) is 23.1 Å². The van der Waals surface area contributed by atoms with Crippen molar-refractivity contribution in [3.8, 4) is 0 Å². The Morgan fingerprint density at radius 1 is 1.45 bits per heavy atom. The molecule has 0 N–H and O–H groups in total. The number of likely N-dealkylation sites (tertiary alicyclic amines) is 1. The molecule has 3 heterocycles. The van der Waals surface area contributed by atoms with Gasteiger partial charge in [-0.3, -0.25) is 9.58 Å². The Morgan fingerprint density at radius 3 is 3.14 bits per heavy atom. The van der Waals surface area contributed by atoms with Gasteiger partial charge in [-0.1, -0.05) is 0 Å². The molecular weight excluding hydrogens is 278 g/mol. The van der Waals surface area contributed by atoms with Crippen LogP contribution >= 0.6 is 0 Å². The lowest BCUT2D eigenvalue weighted by molar-refractivity contribution is -0.0547. The first-order chi connectivity index (χ1) is 10.7. The average molecular weight is 305 g/mol. The molecule has 1 aromatic rings. The zero-order valence-corrected chi connectivity index (χ0v) is 13.5. The molecule has 3 aliphatic rings. The summed E-state index contributed by atoms with van der Waals surface area (Å²) in [6.45, 7) is 4.91. The van der Waals surface area contributed by atoms with Gasteiger partial charge in [0.1, 0.15) is 0 Å². The first-order valence-electron chi connectivity index (χ1n) is 8.66. The molecule has 5 nitrogen and oxygen atoms in total. The number of hydrogen-bond acceptors (Lipinski definition) is 4. The lowest BCUT2D eigenvalue weighted by Crippen LogP contribution is -2.47.